The number of hydrogen-bond donors (Lipinski definition) is 2. The van der Waals surface area contributed by atoms with Crippen LogP contribution in [0, 0.1) is 0 Å². The molecular formula is C14H24N2O2. The van der Waals surface area contributed by atoms with E-state index >= 15 is 0 Å². The smallest absolute Gasteiger partial charge is 0.144 e. The number of ether oxygens (including phenoxy) is 1. The van der Waals surface area contributed by atoms with Gasteiger partial charge in [0, 0.05) is 24.3 Å². The molecule has 0 spiro atoms. The number of nitrogen functional groups attached to an aromatic ring is 1. The number of hydrogen-bond acceptors (Lipinski definition) is 4. The fourth-order valence-corrected chi connectivity index (χ4v) is 1.83. The first-order chi connectivity index (χ1) is 8.60. The molecular weight excluding hydrogens is 228 g/mol. The van der Waals surface area contributed by atoms with Gasteiger partial charge in [-0.25, -0.2) is 0 Å². The Hall–Kier alpha value is -1.42. The summed E-state index contributed by atoms with van der Waals surface area (Å²) < 4.78 is 5.62. The average molecular weight is 252 g/mol. The number of rotatable bonds is 7. The minimum absolute atomic E-state index is 0.133. The molecule has 1 aromatic carbocycles. The van der Waals surface area contributed by atoms with Crippen LogP contribution in [0.25, 0.3) is 0 Å². The Morgan fingerprint density at radius 1 is 1.39 bits per heavy atom. The number of nitrogens with two attached hydrogens (primary N) is 1. The van der Waals surface area contributed by atoms with Gasteiger partial charge in [-0.15, -0.1) is 0 Å². The third-order valence-corrected chi connectivity index (χ3v) is 2.75. The minimum atomic E-state index is 0.133. The Kier molecular flexibility index (Phi) is 5.78. The lowest BCUT2D eigenvalue weighted by atomic mass is 10.2. The number of nitrogens with zero attached hydrogens (tertiary/aromatic N) is 1. The van der Waals surface area contributed by atoms with Crippen molar-refractivity contribution in [2.45, 2.75) is 33.2 Å². The molecule has 0 unspecified atom stereocenters. The second-order valence-corrected chi connectivity index (χ2v) is 4.58. The van der Waals surface area contributed by atoms with Gasteiger partial charge in [-0.1, -0.05) is 6.92 Å². The van der Waals surface area contributed by atoms with Gasteiger partial charge in [0.2, 0.25) is 0 Å². The van der Waals surface area contributed by atoms with E-state index in [9.17, 15) is 0 Å². The van der Waals surface area contributed by atoms with Gasteiger partial charge in [0.15, 0.2) is 0 Å². The summed E-state index contributed by atoms with van der Waals surface area (Å²) in [6, 6.07) is 6.08. The molecule has 1 rings (SSSR count). The summed E-state index contributed by atoms with van der Waals surface area (Å²) in [7, 11) is 0. The molecule has 102 valence electrons. The summed E-state index contributed by atoms with van der Waals surface area (Å²) in [6.45, 7) is 7.65. The lowest BCUT2D eigenvalue weighted by molar-refractivity contribution is 0.298. The normalized spacial score (nSPS) is 10.7. The van der Waals surface area contributed by atoms with Crippen LogP contribution in [0.1, 0.15) is 27.2 Å². The molecule has 0 saturated heterocycles. The first-order valence-corrected chi connectivity index (χ1v) is 6.50. The van der Waals surface area contributed by atoms with Crippen molar-refractivity contribution in [1.29, 1.82) is 0 Å². The molecule has 4 heteroatoms. The van der Waals surface area contributed by atoms with Gasteiger partial charge in [-0.05, 0) is 32.4 Å². The monoisotopic (exact) mass is 252 g/mol. The standard InChI is InChI=1S/C14H24N2O2/c1-4-9-18-14-10-12(5-6-13(14)15)16(7-8-17)11(2)3/h5-6,10-11,17H,4,7-9,15H2,1-3H3. The highest BCUT2D eigenvalue weighted by atomic mass is 16.5. The molecule has 3 N–H and O–H groups in total. The molecule has 0 saturated carbocycles. The van der Waals surface area contributed by atoms with Crippen LogP contribution < -0.4 is 15.4 Å². The maximum atomic E-state index is 9.11. The van der Waals surface area contributed by atoms with Crippen LogP contribution in [0.3, 0.4) is 0 Å². The molecule has 18 heavy (non-hydrogen) atoms. The molecule has 0 amide bonds. The van der Waals surface area contributed by atoms with Crippen LogP contribution in [0.4, 0.5) is 11.4 Å². The topological polar surface area (TPSA) is 58.7 Å². The van der Waals surface area contributed by atoms with E-state index in [0.717, 1.165) is 17.9 Å². The van der Waals surface area contributed by atoms with Crippen LogP contribution in [0.15, 0.2) is 18.2 Å². The zero-order chi connectivity index (χ0) is 13.5. The highest BCUT2D eigenvalue weighted by molar-refractivity contribution is 5.62. The zero-order valence-corrected chi connectivity index (χ0v) is 11.5. The van der Waals surface area contributed by atoms with Gasteiger partial charge in [-0.3, -0.25) is 0 Å². The lowest BCUT2D eigenvalue weighted by Crippen LogP contribution is -2.33. The van der Waals surface area contributed by atoms with E-state index in [4.69, 9.17) is 15.6 Å². The number of aliphatic hydroxyl groups is 1. The number of aliphatic hydroxyl groups excluding tert-OH is 1. The summed E-state index contributed by atoms with van der Waals surface area (Å²) in [5.41, 5.74) is 7.57. The van der Waals surface area contributed by atoms with E-state index in [-0.39, 0.29) is 6.61 Å². The van der Waals surface area contributed by atoms with Crippen molar-refractivity contribution < 1.29 is 9.84 Å². The predicted octanol–water partition coefficient (Wildman–Crippen LogP) is 2.26. The van der Waals surface area contributed by atoms with Crippen LogP contribution in [0.2, 0.25) is 0 Å². The molecule has 0 aliphatic heterocycles. The summed E-state index contributed by atoms with van der Waals surface area (Å²) in [5, 5.41) is 9.11. The first kappa shape index (κ1) is 14.6. The van der Waals surface area contributed by atoms with Crippen LogP contribution in [-0.2, 0) is 0 Å². The third kappa shape index (κ3) is 3.81. The summed E-state index contributed by atoms with van der Waals surface area (Å²) in [4.78, 5) is 2.12. The molecule has 0 atom stereocenters. The van der Waals surface area contributed by atoms with Gasteiger partial charge in [0.25, 0.3) is 0 Å². The Balaban J connectivity index is 2.93. The average Bonchev–Trinajstić information content (AvgIpc) is 2.35. The zero-order valence-electron chi connectivity index (χ0n) is 11.5. The van der Waals surface area contributed by atoms with Crippen LogP contribution in [0.5, 0.6) is 5.75 Å². The molecule has 0 heterocycles. The summed E-state index contributed by atoms with van der Waals surface area (Å²) in [5.74, 6) is 0.720. The maximum absolute atomic E-state index is 9.11. The maximum Gasteiger partial charge on any atom is 0.144 e. The molecule has 0 fully saturated rings. The van der Waals surface area contributed by atoms with Crippen molar-refractivity contribution in [2.75, 3.05) is 30.4 Å². The first-order valence-electron chi connectivity index (χ1n) is 6.50. The molecule has 0 radical (unpaired) electrons. The van der Waals surface area contributed by atoms with E-state index in [1.54, 1.807) is 0 Å². The number of anilines is 2. The van der Waals surface area contributed by atoms with Gasteiger partial charge < -0.3 is 20.5 Å². The van der Waals surface area contributed by atoms with Crippen LogP contribution >= 0.6 is 0 Å². The van der Waals surface area contributed by atoms with Crippen molar-refractivity contribution in [2.24, 2.45) is 0 Å². The SMILES string of the molecule is CCCOc1cc(N(CCO)C(C)C)ccc1N. The van der Waals surface area contributed by atoms with Crippen molar-refractivity contribution in [1.82, 2.24) is 0 Å². The fourth-order valence-electron chi connectivity index (χ4n) is 1.83. The third-order valence-electron chi connectivity index (χ3n) is 2.75. The highest BCUT2D eigenvalue weighted by Gasteiger charge is 2.12. The number of benzene rings is 1. The Bertz CT molecular complexity index is 367. The minimum Gasteiger partial charge on any atom is -0.491 e. The van der Waals surface area contributed by atoms with E-state index in [0.29, 0.717) is 24.9 Å². The molecule has 1 aromatic rings. The van der Waals surface area contributed by atoms with Crippen molar-refractivity contribution in [3.63, 3.8) is 0 Å². The van der Waals surface area contributed by atoms with Crippen LogP contribution in [-0.4, -0.2) is 30.9 Å². The molecule has 0 aliphatic rings. The van der Waals surface area contributed by atoms with Crippen molar-refractivity contribution in [3.8, 4) is 5.75 Å². The Morgan fingerprint density at radius 2 is 2.11 bits per heavy atom. The Labute approximate surface area is 109 Å². The van der Waals surface area contributed by atoms with E-state index in [1.807, 2.05) is 18.2 Å². The molecule has 0 aliphatic carbocycles. The molecule has 4 nitrogen and oxygen atoms in total. The van der Waals surface area contributed by atoms with Gasteiger partial charge in [-0.2, -0.15) is 0 Å². The van der Waals surface area contributed by atoms with Gasteiger partial charge in [0.1, 0.15) is 5.75 Å². The second-order valence-electron chi connectivity index (χ2n) is 4.58. The van der Waals surface area contributed by atoms with Gasteiger partial charge in [0.05, 0.1) is 18.9 Å². The largest absolute Gasteiger partial charge is 0.491 e. The Morgan fingerprint density at radius 3 is 2.67 bits per heavy atom. The van der Waals surface area contributed by atoms with E-state index in [1.165, 1.54) is 0 Å². The van der Waals surface area contributed by atoms with Crippen molar-refractivity contribution >= 4 is 11.4 Å². The molecule has 0 aromatic heterocycles. The summed E-state index contributed by atoms with van der Waals surface area (Å²) >= 11 is 0. The lowest BCUT2D eigenvalue weighted by Gasteiger charge is -2.28. The quantitative estimate of drug-likeness (QED) is 0.731. The predicted molar refractivity (Wildman–Crippen MR) is 76.2 cm³/mol. The second kappa shape index (κ2) is 7.11. The fraction of sp³-hybridized carbons (Fsp3) is 0.571. The van der Waals surface area contributed by atoms with E-state index in [2.05, 4.69) is 25.7 Å². The van der Waals surface area contributed by atoms with Crippen molar-refractivity contribution in [3.05, 3.63) is 18.2 Å². The van der Waals surface area contributed by atoms with E-state index < -0.39 is 0 Å². The van der Waals surface area contributed by atoms with Gasteiger partial charge >= 0.3 is 0 Å². The molecule has 0 bridgehead atoms. The highest BCUT2D eigenvalue weighted by Crippen LogP contribution is 2.28. The summed E-state index contributed by atoms with van der Waals surface area (Å²) in [6.07, 6.45) is 0.953.